The van der Waals surface area contributed by atoms with E-state index in [4.69, 9.17) is 5.21 Å². The topological polar surface area (TPSA) is 110 Å². The van der Waals surface area contributed by atoms with Crippen molar-refractivity contribution < 1.29 is 24.8 Å². The number of hydroxylamine groups is 1. The Kier molecular flexibility index (Phi) is 8.12. The van der Waals surface area contributed by atoms with Gasteiger partial charge in [0.15, 0.2) is 11.6 Å². The molecule has 144 valence electrons. The molecule has 0 aromatic heterocycles. The van der Waals surface area contributed by atoms with Crippen LogP contribution < -0.4 is 10.5 Å². The number of ketones is 2. The Morgan fingerprint density at radius 1 is 0.815 bits per heavy atom. The maximum absolute atomic E-state index is 11.4. The maximum Gasteiger partial charge on any atom is 0.348 e. The fourth-order valence-electron chi connectivity index (χ4n) is 1.92. The second kappa shape index (κ2) is 10.0. The monoisotopic (exact) mass is 373 g/mol. The zero-order chi connectivity index (χ0) is 20.6. The lowest BCUT2D eigenvalue weighted by Gasteiger charge is -2.19. The third-order valence-corrected chi connectivity index (χ3v) is 3.50. The molecule has 0 saturated carbocycles. The number of carbonyl (C=O) groups is 3. The predicted octanol–water partition coefficient (Wildman–Crippen LogP) is 3.46. The number of amides is 2. The summed E-state index contributed by atoms with van der Waals surface area (Å²) >= 11 is 0. The molecule has 3 N–H and O–H groups in total. The average molecular weight is 373 g/mol. The molecular formula is C19H23N3O5. The van der Waals surface area contributed by atoms with Crippen LogP contribution in [0.2, 0.25) is 0 Å². The summed E-state index contributed by atoms with van der Waals surface area (Å²) in [5, 5.41) is 18.5. The van der Waals surface area contributed by atoms with Crippen molar-refractivity contribution in [3.05, 3.63) is 59.7 Å². The van der Waals surface area contributed by atoms with Crippen LogP contribution in [-0.4, -0.2) is 47.0 Å². The van der Waals surface area contributed by atoms with E-state index >= 15 is 0 Å². The third-order valence-electron chi connectivity index (χ3n) is 3.50. The van der Waals surface area contributed by atoms with Gasteiger partial charge in [0.25, 0.3) is 0 Å². The third kappa shape index (κ3) is 6.53. The summed E-state index contributed by atoms with van der Waals surface area (Å²) in [4.78, 5) is 34.4. The highest BCUT2D eigenvalue weighted by Gasteiger charge is 2.14. The van der Waals surface area contributed by atoms with E-state index in [1.54, 1.807) is 36.4 Å². The van der Waals surface area contributed by atoms with Crippen LogP contribution >= 0.6 is 0 Å². The van der Waals surface area contributed by atoms with E-state index < -0.39 is 6.03 Å². The quantitative estimate of drug-likeness (QED) is 0.430. The number of benzene rings is 2. The number of carbonyl (C=O) groups excluding carboxylic acids is 3. The van der Waals surface area contributed by atoms with Gasteiger partial charge in [0.05, 0.1) is 11.4 Å². The molecule has 0 aliphatic heterocycles. The van der Waals surface area contributed by atoms with Crippen molar-refractivity contribution in [3.63, 3.8) is 0 Å². The first-order valence-electron chi connectivity index (χ1n) is 7.99. The zero-order valence-electron chi connectivity index (χ0n) is 15.6. The lowest BCUT2D eigenvalue weighted by molar-refractivity contribution is 0.100. The molecule has 0 bridgehead atoms. The predicted molar refractivity (Wildman–Crippen MR) is 102 cm³/mol. The summed E-state index contributed by atoms with van der Waals surface area (Å²) in [6, 6.07) is 12.2. The summed E-state index contributed by atoms with van der Waals surface area (Å²) in [6.45, 7) is 2.96. The van der Waals surface area contributed by atoms with Crippen molar-refractivity contribution in [1.82, 2.24) is 4.90 Å². The van der Waals surface area contributed by atoms with E-state index in [1.807, 2.05) is 5.48 Å². The summed E-state index contributed by atoms with van der Waals surface area (Å²) < 4.78 is 0. The summed E-state index contributed by atoms with van der Waals surface area (Å²) in [7, 11) is 3.07. The van der Waals surface area contributed by atoms with Crippen molar-refractivity contribution in [1.29, 1.82) is 0 Å². The number of nitrogens with one attached hydrogen (secondary N) is 1. The minimum Gasteiger partial charge on any atom is -0.329 e. The average Bonchev–Trinajstić information content (AvgIpc) is 2.67. The highest BCUT2D eigenvalue weighted by molar-refractivity contribution is 5.95. The Hall–Kier alpha value is -3.23. The first kappa shape index (κ1) is 21.8. The minimum absolute atomic E-state index is 0.0227. The standard InChI is InChI=1S/C11H14N2O3.C8H9NO2/c1-8(14)9-4-6-10(7-5-9)13(16)11(15)12(2)3;1-6(10)7-2-4-8(9-11)5-3-7/h4-7,16H,1-3H3;2-5,9,11H,1H3. The second-order valence-electron chi connectivity index (χ2n) is 5.84. The second-order valence-corrected chi connectivity index (χ2v) is 5.84. The number of nitrogens with zero attached hydrogens (tertiary/aromatic N) is 2. The van der Waals surface area contributed by atoms with Crippen molar-refractivity contribution in [2.45, 2.75) is 13.8 Å². The fourth-order valence-corrected chi connectivity index (χ4v) is 1.92. The van der Waals surface area contributed by atoms with Gasteiger partial charge in [-0.25, -0.2) is 4.79 Å². The van der Waals surface area contributed by atoms with Crippen LogP contribution in [0.3, 0.4) is 0 Å². The van der Waals surface area contributed by atoms with E-state index in [0.29, 0.717) is 27.6 Å². The van der Waals surface area contributed by atoms with Crippen LogP contribution in [0.15, 0.2) is 48.5 Å². The molecule has 0 heterocycles. The van der Waals surface area contributed by atoms with Crippen LogP contribution in [0, 0.1) is 0 Å². The van der Waals surface area contributed by atoms with Gasteiger partial charge in [0.2, 0.25) is 0 Å². The van der Waals surface area contributed by atoms with Crippen molar-refractivity contribution >= 4 is 29.0 Å². The smallest absolute Gasteiger partial charge is 0.329 e. The first-order chi connectivity index (χ1) is 12.7. The lowest BCUT2D eigenvalue weighted by Crippen LogP contribution is -2.36. The molecule has 0 saturated heterocycles. The molecule has 0 fully saturated rings. The van der Waals surface area contributed by atoms with E-state index in [-0.39, 0.29) is 11.6 Å². The number of hydrogen-bond donors (Lipinski definition) is 3. The molecule has 2 rings (SSSR count). The molecule has 8 nitrogen and oxygen atoms in total. The molecule has 0 aliphatic carbocycles. The SMILES string of the molecule is CC(=O)c1ccc(N(O)C(=O)N(C)C)cc1.CC(=O)c1ccc(NO)cc1. The van der Waals surface area contributed by atoms with E-state index in [1.165, 1.54) is 45.0 Å². The summed E-state index contributed by atoms with van der Waals surface area (Å²) in [6.07, 6.45) is 0. The van der Waals surface area contributed by atoms with Gasteiger partial charge < -0.3 is 4.90 Å². The largest absolute Gasteiger partial charge is 0.348 e. The molecular weight excluding hydrogens is 350 g/mol. The van der Waals surface area contributed by atoms with Crippen molar-refractivity contribution in [2.75, 3.05) is 24.6 Å². The number of urea groups is 1. The number of Topliss-reactive ketones (excluding diaryl/α,β-unsaturated/α-hetero) is 2. The van der Waals surface area contributed by atoms with Crippen LogP contribution in [0.4, 0.5) is 16.2 Å². The lowest BCUT2D eigenvalue weighted by atomic mass is 10.1. The van der Waals surface area contributed by atoms with Gasteiger partial charge in [0, 0.05) is 25.2 Å². The molecule has 8 heteroatoms. The number of anilines is 2. The van der Waals surface area contributed by atoms with Gasteiger partial charge in [-0.2, -0.15) is 5.06 Å². The Labute approximate surface area is 157 Å². The maximum atomic E-state index is 11.4. The molecule has 2 aromatic rings. The van der Waals surface area contributed by atoms with Gasteiger partial charge in [-0.1, -0.05) is 0 Å². The van der Waals surface area contributed by atoms with Crippen LogP contribution in [-0.2, 0) is 0 Å². The highest BCUT2D eigenvalue weighted by atomic mass is 16.5. The Morgan fingerprint density at radius 2 is 1.22 bits per heavy atom. The molecule has 0 atom stereocenters. The molecule has 27 heavy (non-hydrogen) atoms. The van der Waals surface area contributed by atoms with Crippen LogP contribution in [0.5, 0.6) is 0 Å². The highest BCUT2D eigenvalue weighted by Crippen LogP contribution is 2.15. The normalized spacial score (nSPS) is 9.56. The number of hydrogen-bond acceptors (Lipinski definition) is 6. The first-order valence-corrected chi connectivity index (χ1v) is 7.99. The molecule has 0 radical (unpaired) electrons. The molecule has 2 amide bonds. The van der Waals surface area contributed by atoms with Gasteiger partial charge in [0.1, 0.15) is 0 Å². The Bertz CT molecular complexity index is 786. The minimum atomic E-state index is -0.546. The molecule has 0 aliphatic rings. The molecule has 0 spiro atoms. The summed E-state index contributed by atoms with van der Waals surface area (Å²) in [5.74, 6) is -0.0375. The van der Waals surface area contributed by atoms with Gasteiger partial charge >= 0.3 is 6.03 Å². The van der Waals surface area contributed by atoms with Crippen molar-refractivity contribution in [2.24, 2.45) is 0 Å². The van der Waals surface area contributed by atoms with Gasteiger partial charge in [-0.05, 0) is 62.4 Å². The van der Waals surface area contributed by atoms with Crippen LogP contribution in [0.25, 0.3) is 0 Å². The van der Waals surface area contributed by atoms with E-state index in [2.05, 4.69) is 0 Å². The fraction of sp³-hybridized carbons (Fsp3) is 0.211. The summed E-state index contributed by atoms with van der Waals surface area (Å²) in [5.41, 5.74) is 4.06. The van der Waals surface area contributed by atoms with E-state index in [9.17, 15) is 19.6 Å². The zero-order valence-corrected chi connectivity index (χ0v) is 15.6. The number of rotatable bonds is 4. The Morgan fingerprint density at radius 3 is 1.56 bits per heavy atom. The van der Waals surface area contributed by atoms with E-state index in [0.717, 1.165) is 0 Å². The van der Waals surface area contributed by atoms with Crippen molar-refractivity contribution in [3.8, 4) is 0 Å². The van der Waals surface area contributed by atoms with Gasteiger partial charge in [-0.15, -0.1) is 0 Å². The molecule has 2 aromatic carbocycles. The van der Waals surface area contributed by atoms with Crippen LogP contribution in [0.1, 0.15) is 34.6 Å². The Balaban J connectivity index is 0.000000289. The van der Waals surface area contributed by atoms with Gasteiger partial charge in [-0.3, -0.25) is 25.5 Å². The molecule has 0 unspecified atom stereocenters.